The van der Waals surface area contributed by atoms with Gasteiger partial charge in [-0.15, -0.1) is 0 Å². The van der Waals surface area contributed by atoms with E-state index in [1.165, 1.54) is 12.1 Å². The minimum absolute atomic E-state index is 0.0479. The van der Waals surface area contributed by atoms with E-state index >= 15 is 0 Å². The van der Waals surface area contributed by atoms with E-state index in [0.29, 0.717) is 25.3 Å². The SMILES string of the molecule is O=C1c2cc(C#Cc3ccccc3)cn2CCN1Cc1cccc(F)c1. The Morgan fingerprint density at radius 1 is 0.923 bits per heavy atom. The molecule has 4 heteroatoms. The Balaban J connectivity index is 1.54. The van der Waals surface area contributed by atoms with E-state index in [0.717, 1.165) is 16.7 Å². The van der Waals surface area contributed by atoms with Gasteiger partial charge in [0.1, 0.15) is 11.5 Å². The molecule has 1 amide bonds. The van der Waals surface area contributed by atoms with E-state index in [9.17, 15) is 9.18 Å². The molecular weight excluding hydrogens is 327 g/mol. The Labute approximate surface area is 151 Å². The van der Waals surface area contributed by atoms with Crippen molar-refractivity contribution in [1.82, 2.24) is 9.47 Å². The highest BCUT2D eigenvalue weighted by Crippen LogP contribution is 2.18. The van der Waals surface area contributed by atoms with E-state index < -0.39 is 0 Å². The summed E-state index contributed by atoms with van der Waals surface area (Å²) in [5, 5.41) is 0. The molecule has 0 N–H and O–H groups in total. The number of fused-ring (bicyclic) bond motifs is 1. The van der Waals surface area contributed by atoms with Crippen LogP contribution in [0, 0.1) is 17.7 Å². The highest BCUT2D eigenvalue weighted by Gasteiger charge is 2.25. The van der Waals surface area contributed by atoms with Gasteiger partial charge in [-0.1, -0.05) is 42.2 Å². The number of amides is 1. The first-order valence-corrected chi connectivity index (χ1v) is 8.50. The predicted molar refractivity (Wildman–Crippen MR) is 98.0 cm³/mol. The molecular formula is C22H17FN2O. The zero-order chi connectivity index (χ0) is 17.9. The second-order valence-electron chi connectivity index (χ2n) is 6.28. The minimum atomic E-state index is -0.284. The van der Waals surface area contributed by atoms with Crippen molar-refractivity contribution in [3.05, 3.63) is 95.1 Å². The monoisotopic (exact) mass is 344 g/mol. The van der Waals surface area contributed by atoms with Gasteiger partial charge >= 0.3 is 0 Å². The first kappa shape index (κ1) is 16.2. The van der Waals surface area contributed by atoms with Gasteiger partial charge in [0.2, 0.25) is 0 Å². The molecule has 26 heavy (non-hydrogen) atoms. The van der Waals surface area contributed by atoms with Crippen LogP contribution in [-0.4, -0.2) is 21.9 Å². The maximum atomic E-state index is 13.4. The number of aromatic nitrogens is 1. The van der Waals surface area contributed by atoms with Crippen molar-refractivity contribution in [2.24, 2.45) is 0 Å². The average Bonchev–Trinajstić information content (AvgIpc) is 3.07. The van der Waals surface area contributed by atoms with E-state index in [2.05, 4.69) is 11.8 Å². The third-order valence-corrected chi connectivity index (χ3v) is 4.40. The molecule has 0 atom stereocenters. The van der Waals surface area contributed by atoms with Gasteiger partial charge in [0.25, 0.3) is 5.91 Å². The molecule has 0 unspecified atom stereocenters. The maximum Gasteiger partial charge on any atom is 0.270 e. The lowest BCUT2D eigenvalue weighted by Crippen LogP contribution is -2.39. The number of benzene rings is 2. The van der Waals surface area contributed by atoms with Crippen LogP contribution in [0.1, 0.15) is 27.2 Å². The summed E-state index contributed by atoms with van der Waals surface area (Å²) < 4.78 is 15.3. The summed E-state index contributed by atoms with van der Waals surface area (Å²) in [5.74, 6) is 5.90. The molecule has 128 valence electrons. The normalized spacial score (nSPS) is 13.1. The van der Waals surface area contributed by atoms with Crippen LogP contribution < -0.4 is 0 Å². The Bertz CT molecular complexity index is 1010. The zero-order valence-electron chi connectivity index (χ0n) is 14.2. The quantitative estimate of drug-likeness (QED) is 0.651. The van der Waals surface area contributed by atoms with Crippen molar-refractivity contribution in [3.8, 4) is 11.8 Å². The lowest BCUT2D eigenvalue weighted by molar-refractivity contribution is 0.0691. The molecule has 4 rings (SSSR count). The molecule has 0 saturated carbocycles. The summed E-state index contributed by atoms with van der Waals surface area (Å²) in [7, 11) is 0. The predicted octanol–water partition coefficient (Wildman–Crippen LogP) is 3.68. The zero-order valence-corrected chi connectivity index (χ0v) is 14.2. The molecule has 0 spiro atoms. The van der Waals surface area contributed by atoms with Crippen LogP contribution in [0.5, 0.6) is 0 Å². The molecule has 1 aromatic heterocycles. The fourth-order valence-electron chi connectivity index (χ4n) is 3.11. The third kappa shape index (κ3) is 3.38. The summed E-state index contributed by atoms with van der Waals surface area (Å²) in [6.07, 6.45) is 1.92. The molecule has 1 aliphatic rings. The van der Waals surface area contributed by atoms with Crippen LogP contribution in [0.2, 0.25) is 0 Å². The van der Waals surface area contributed by atoms with Gasteiger partial charge in [0.05, 0.1) is 0 Å². The molecule has 3 aromatic rings. The number of rotatable bonds is 2. The molecule has 2 heterocycles. The Hall–Kier alpha value is -3.32. The fourth-order valence-corrected chi connectivity index (χ4v) is 3.11. The number of hydrogen-bond donors (Lipinski definition) is 0. The first-order chi connectivity index (χ1) is 12.7. The Kier molecular flexibility index (Phi) is 4.28. The lowest BCUT2D eigenvalue weighted by Gasteiger charge is -2.28. The van der Waals surface area contributed by atoms with Crippen molar-refractivity contribution >= 4 is 5.91 Å². The van der Waals surface area contributed by atoms with Crippen molar-refractivity contribution in [2.45, 2.75) is 13.1 Å². The van der Waals surface area contributed by atoms with Crippen LogP contribution in [-0.2, 0) is 13.1 Å². The van der Waals surface area contributed by atoms with Crippen LogP contribution in [0.25, 0.3) is 0 Å². The molecule has 1 aliphatic heterocycles. The average molecular weight is 344 g/mol. The highest BCUT2D eigenvalue weighted by molar-refractivity contribution is 5.94. The third-order valence-electron chi connectivity index (χ3n) is 4.40. The molecule has 0 radical (unpaired) electrons. The van der Waals surface area contributed by atoms with Gasteiger partial charge in [-0.05, 0) is 35.9 Å². The van der Waals surface area contributed by atoms with E-state index in [1.807, 2.05) is 53.2 Å². The summed E-state index contributed by atoms with van der Waals surface area (Å²) in [6.45, 7) is 1.72. The van der Waals surface area contributed by atoms with Crippen LogP contribution in [0.3, 0.4) is 0 Å². The van der Waals surface area contributed by atoms with E-state index in [1.54, 1.807) is 11.0 Å². The Morgan fingerprint density at radius 2 is 1.73 bits per heavy atom. The van der Waals surface area contributed by atoms with Gasteiger partial charge in [0.15, 0.2) is 0 Å². The molecule has 0 bridgehead atoms. The fraction of sp³-hybridized carbons (Fsp3) is 0.136. The van der Waals surface area contributed by atoms with Gasteiger partial charge in [0, 0.05) is 37.0 Å². The highest BCUT2D eigenvalue weighted by atomic mass is 19.1. The summed E-state index contributed by atoms with van der Waals surface area (Å²) in [6, 6.07) is 18.0. The van der Waals surface area contributed by atoms with Crippen molar-refractivity contribution < 1.29 is 9.18 Å². The van der Waals surface area contributed by atoms with E-state index in [4.69, 9.17) is 0 Å². The summed E-state index contributed by atoms with van der Waals surface area (Å²) >= 11 is 0. The number of halogens is 1. The molecule has 0 aliphatic carbocycles. The number of hydrogen-bond acceptors (Lipinski definition) is 1. The van der Waals surface area contributed by atoms with Gasteiger partial charge in [-0.3, -0.25) is 4.79 Å². The maximum absolute atomic E-state index is 13.4. The molecule has 0 saturated heterocycles. The van der Waals surface area contributed by atoms with Crippen molar-refractivity contribution in [3.63, 3.8) is 0 Å². The second kappa shape index (κ2) is 6.89. The van der Waals surface area contributed by atoms with Crippen LogP contribution in [0.15, 0.2) is 66.9 Å². The van der Waals surface area contributed by atoms with E-state index in [-0.39, 0.29) is 11.7 Å². The smallest absolute Gasteiger partial charge is 0.270 e. The van der Waals surface area contributed by atoms with Gasteiger partial charge < -0.3 is 9.47 Å². The number of nitrogens with zero attached hydrogens (tertiary/aromatic N) is 2. The van der Waals surface area contributed by atoms with Crippen molar-refractivity contribution in [1.29, 1.82) is 0 Å². The summed E-state index contributed by atoms with van der Waals surface area (Å²) in [5.41, 5.74) is 3.19. The first-order valence-electron chi connectivity index (χ1n) is 8.50. The van der Waals surface area contributed by atoms with Crippen LogP contribution >= 0.6 is 0 Å². The largest absolute Gasteiger partial charge is 0.340 e. The molecule has 2 aromatic carbocycles. The lowest BCUT2D eigenvalue weighted by atomic mass is 10.2. The number of carbonyl (C=O) groups excluding carboxylic acids is 1. The molecule has 3 nitrogen and oxygen atoms in total. The minimum Gasteiger partial charge on any atom is -0.340 e. The van der Waals surface area contributed by atoms with Gasteiger partial charge in [-0.2, -0.15) is 0 Å². The van der Waals surface area contributed by atoms with Crippen molar-refractivity contribution in [2.75, 3.05) is 6.54 Å². The number of carbonyl (C=O) groups is 1. The van der Waals surface area contributed by atoms with Gasteiger partial charge in [-0.25, -0.2) is 4.39 Å². The second-order valence-corrected chi connectivity index (χ2v) is 6.28. The standard InChI is InChI=1S/C22H17FN2O/c23-20-8-4-7-18(13-20)16-25-12-11-24-15-19(14-21(24)22(25)26)10-9-17-5-2-1-3-6-17/h1-8,13-15H,11-12,16H2. The summed E-state index contributed by atoms with van der Waals surface area (Å²) in [4.78, 5) is 14.5. The Morgan fingerprint density at radius 3 is 2.54 bits per heavy atom. The van der Waals surface area contributed by atoms with Crippen LogP contribution in [0.4, 0.5) is 4.39 Å². The molecule has 0 fully saturated rings. The topological polar surface area (TPSA) is 25.2 Å².